The summed E-state index contributed by atoms with van der Waals surface area (Å²) in [4.78, 5) is 31.5. The van der Waals surface area contributed by atoms with Crippen molar-refractivity contribution in [2.45, 2.75) is 25.8 Å². The van der Waals surface area contributed by atoms with Crippen molar-refractivity contribution >= 4 is 27.8 Å². The largest absolute Gasteiger partial charge is 0.459 e. The van der Waals surface area contributed by atoms with E-state index >= 15 is 0 Å². The second-order valence-electron chi connectivity index (χ2n) is 6.51. The van der Waals surface area contributed by atoms with E-state index in [-0.39, 0.29) is 23.9 Å². The molecule has 2 aromatic carbocycles. The van der Waals surface area contributed by atoms with Gasteiger partial charge in [0.2, 0.25) is 5.91 Å². The van der Waals surface area contributed by atoms with E-state index in [1.807, 2.05) is 43.3 Å². The van der Waals surface area contributed by atoms with Crippen molar-refractivity contribution < 1.29 is 9.21 Å². The number of amides is 1. The molecule has 0 aliphatic carbocycles. The molecule has 6 nitrogen and oxygen atoms in total. The molecule has 0 bridgehead atoms. The molecule has 1 unspecified atom stereocenters. The molecule has 4 aromatic rings. The summed E-state index contributed by atoms with van der Waals surface area (Å²) < 4.78 is 5.78. The van der Waals surface area contributed by atoms with Crippen molar-refractivity contribution in [2.24, 2.45) is 0 Å². The Morgan fingerprint density at radius 2 is 1.96 bits per heavy atom. The van der Waals surface area contributed by atoms with Crippen molar-refractivity contribution in [1.29, 1.82) is 0 Å². The van der Waals surface area contributed by atoms with E-state index in [4.69, 9.17) is 4.42 Å². The van der Waals surface area contributed by atoms with Crippen molar-refractivity contribution in [3.8, 4) is 0 Å². The zero-order valence-corrected chi connectivity index (χ0v) is 14.9. The molecule has 27 heavy (non-hydrogen) atoms. The van der Waals surface area contributed by atoms with Gasteiger partial charge in [0, 0.05) is 18.2 Å². The number of furan rings is 1. The van der Waals surface area contributed by atoms with Crippen molar-refractivity contribution in [2.75, 3.05) is 0 Å². The Balaban J connectivity index is 1.41. The van der Waals surface area contributed by atoms with Crippen LogP contribution in [-0.4, -0.2) is 15.9 Å². The second-order valence-corrected chi connectivity index (χ2v) is 6.51. The van der Waals surface area contributed by atoms with Crippen LogP contribution in [0.1, 0.15) is 31.0 Å². The van der Waals surface area contributed by atoms with Crippen LogP contribution in [0.3, 0.4) is 0 Å². The smallest absolute Gasteiger partial charge is 0.258 e. The van der Waals surface area contributed by atoms with Crippen LogP contribution in [0.5, 0.6) is 0 Å². The van der Waals surface area contributed by atoms with Gasteiger partial charge in [0.15, 0.2) is 0 Å². The lowest BCUT2D eigenvalue weighted by atomic mass is 10.2. The third-order valence-electron chi connectivity index (χ3n) is 4.50. The summed E-state index contributed by atoms with van der Waals surface area (Å²) in [5, 5.41) is 4.48. The number of carbonyl (C=O) groups excluding carboxylic acids is 1. The van der Waals surface area contributed by atoms with Crippen LogP contribution in [0, 0.1) is 0 Å². The lowest BCUT2D eigenvalue weighted by molar-refractivity contribution is -0.121. The SMILES string of the molecule is CC(NC(=O)CCc1nc2ccccc2c(=O)[nH]1)c1cc2ccccc2o1. The number of aromatic nitrogens is 2. The summed E-state index contributed by atoms with van der Waals surface area (Å²) in [6, 6.07) is 16.6. The first-order chi connectivity index (χ1) is 13.1. The average molecular weight is 361 g/mol. The number of nitrogens with one attached hydrogen (secondary N) is 2. The summed E-state index contributed by atoms with van der Waals surface area (Å²) >= 11 is 0. The Kier molecular flexibility index (Phi) is 4.46. The van der Waals surface area contributed by atoms with E-state index in [0.29, 0.717) is 28.9 Å². The number of benzene rings is 2. The fourth-order valence-corrected chi connectivity index (χ4v) is 3.09. The molecule has 4 rings (SSSR count). The van der Waals surface area contributed by atoms with Gasteiger partial charge in [0.05, 0.1) is 16.9 Å². The summed E-state index contributed by atoms with van der Waals surface area (Å²) in [5.41, 5.74) is 1.24. The molecule has 0 fully saturated rings. The summed E-state index contributed by atoms with van der Waals surface area (Å²) in [5.74, 6) is 1.09. The Labute approximate surface area is 155 Å². The predicted molar refractivity (Wildman–Crippen MR) is 103 cm³/mol. The maximum Gasteiger partial charge on any atom is 0.258 e. The highest BCUT2D eigenvalue weighted by molar-refractivity contribution is 5.79. The second kappa shape index (κ2) is 7.07. The summed E-state index contributed by atoms with van der Waals surface area (Å²) in [6.45, 7) is 1.88. The fourth-order valence-electron chi connectivity index (χ4n) is 3.09. The highest BCUT2D eigenvalue weighted by Crippen LogP contribution is 2.23. The first-order valence-electron chi connectivity index (χ1n) is 8.86. The predicted octanol–water partition coefficient (Wildman–Crippen LogP) is 3.48. The first kappa shape index (κ1) is 17.0. The number of rotatable bonds is 5. The van der Waals surface area contributed by atoms with Crippen LogP contribution in [-0.2, 0) is 11.2 Å². The number of fused-ring (bicyclic) bond motifs is 2. The van der Waals surface area contributed by atoms with Crippen LogP contribution >= 0.6 is 0 Å². The number of aryl methyl sites for hydroxylation is 1. The molecule has 0 saturated heterocycles. The zero-order chi connectivity index (χ0) is 18.8. The van der Waals surface area contributed by atoms with Gasteiger partial charge in [-0.15, -0.1) is 0 Å². The number of aromatic amines is 1. The lowest BCUT2D eigenvalue weighted by Crippen LogP contribution is -2.27. The van der Waals surface area contributed by atoms with Gasteiger partial charge in [-0.1, -0.05) is 30.3 Å². The Morgan fingerprint density at radius 1 is 1.19 bits per heavy atom. The first-order valence-corrected chi connectivity index (χ1v) is 8.86. The van der Waals surface area contributed by atoms with Gasteiger partial charge in [-0.25, -0.2) is 4.98 Å². The fraction of sp³-hybridized carbons (Fsp3) is 0.190. The number of carbonyl (C=O) groups is 1. The number of H-pyrrole nitrogens is 1. The van der Waals surface area contributed by atoms with E-state index < -0.39 is 0 Å². The van der Waals surface area contributed by atoms with Crippen LogP contribution in [0.15, 0.2) is 63.8 Å². The molecule has 0 aliphatic heterocycles. The van der Waals surface area contributed by atoms with Gasteiger partial charge in [-0.05, 0) is 31.2 Å². The van der Waals surface area contributed by atoms with E-state index in [9.17, 15) is 9.59 Å². The minimum absolute atomic E-state index is 0.126. The Morgan fingerprint density at radius 3 is 2.81 bits per heavy atom. The molecule has 0 spiro atoms. The number of para-hydroxylation sites is 2. The topological polar surface area (TPSA) is 88.0 Å². The maximum absolute atomic E-state index is 12.3. The molecule has 0 aliphatic rings. The van der Waals surface area contributed by atoms with E-state index in [0.717, 1.165) is 11.0 Å². The monoisotopic (exact) mass is 361 g/mol. The molecule has 6 heteroatoms. The quantitative estimate of drug-likeness (QED) is 0.570. The van der Waals surface area contributed by atoms with Gasteiger partial charge in [-0.2, -0.15) is 0 Å². The third-order valence-corrected chi connectivity index (χ3v) is 4.50. The van der Waals surface area contributed by atoms with Crippen LogP contribution in [0.25, 0.3) is 21.9 Å². The van der Waals surface area contributed by atoms with Crippen LogP contribution in [0.4, 0.5) is 0 Å². The molecule has 2 aromatic heterocycles. The number of nitrogens with zero attached hydrogens (tertiary/aromatic N) is 1. The van der Waals surface area contributed by atoms with E-state index in [1.165, 1.54) is 0 Å². The summed E-state index contributed by atoms with van der Waals surface area (Å²) in [6.07, 6.45) is 0.588. The molecule has 0 radical (unpaired) electrons. The van der Waals surface area contributed by atoms with Gasteiger partial charge < -0.3 is 14.7 Å². The van der Waals surface area contributed by atoms with Crippen molar-refractivity contribution in [1.82, 2.24) is 15.3 Å². The van der Waals surface area contributed by atoms with Crippen molar-refractivity contribution in [3.63, 3.8) is 0 Å². The lowest BCUT2D eigenvalue weighted by Gasteiger charge is -2.11. The third kappa shape index (κ3) is 3.60. The number of hydrogen-bond acceptors (Lipinski definition) is 4. The highest BCUT2D eigenvalue weighted by Gasteiger charge is 2.14. The minimum atomic E-state index is -0.242. The average Bonchev–Trinajstić information content (AvgIpc) is 3.11. The summed E-state index contributed by atoms with van der Waals surface area (Å²) in [7, 11) is 0. The zero-order valence-electron chi connectivity index (χ0n) is 14.9. The van der Waals surface area contributed by atoms with E-state index in [1.54, 1.807) is 18.2 Å². The molecule has 136 valence electrons. The van der Waals surface area contributed by atoms with Gasteiger partial charge >= 0.3 is 0 Å². The highest BCUT2D eigenvalue weighted by atomic mass is 16.3. The minimum Gasteiger partial charge on any atom is -0.459 e. The standard InChI is InChI=1S/C21H19N3O3/c1-13(18-12-14-6-2-5-9-17(14)27-18)22-20(25)11-10-19-23-16-8-4-3-7-15(16)21(26)24-19/h2-9,12-13H,10-11H2,1H3,(H,22,25)(H,23,24,26). The molecule has 1 atom stereocenters. The van der Waals surface area contributed by atoms with Crippen molar-refractivity contribution in [3.05, 3.63) is 76.5 Å². The Bertz CT molecular complexity index is 1140. The van der Waals surface area contributed by atoms with Gasteiger partial charge in [0.25, 0.3) is 5.56 Å². The number of hydrogen-bond donors (Lipinski definition) is 2. The molecule has 2 N–H and O–H groups in total. The van der Waals surface area contributed by atoms with Crippen LogP contribution in [0.2, 0.25) is 0 Å². The van der Waals surface area contributed by atoms with Gasteiger partial charge in [-0.3, -0.25) is 9.59 Å². The van der Waals surface area contributed by atoms with Crippen LogP contribution < -0.4 is 10.9 Å². The molecule has 2 heterocycles. The van der Waals surface area contributed by atoms with Gasteiger partial charge in [0.1, 0.15) is 17.2 Å². The normalized spacial score (nSPS) is 12.3. The molecule has 0 saturated carbocycles. The maximum atomic E-state index is 12.3. The molecule has 1 amide bonds. The molecular weight excluding hydrogens is 342 g/mol. The Hall–Kier alpha value is -3.41. The van der Waals surface area contributed by atoms with E-state index in [2.05, 4.69) is 15.3 Å². The molecular formula is C21H19N3O3.